The van der Waals surface area contributed by atoms with Crippen molar-refractivity contribution in [3.05, 3.63) is 84.1 Å². The van der Waals surface area contributed by atoms with Crippen LogP contribution in [0.3, 0.4) is 0 Å². The first-order chi connectivity index (χ1) is 36.1. The Kier molecular flexibility index (Phi) is 17.4. The van der Waals surface area contributed by atoms with Crippen LogP contribution in [-0.2, 0) is 67.4 Å². The molecule has 31 heteroatoms. The fraction of sp³-hybridized carbons (Fsp3) is 0.500. The molecule has 6 atom stereocenters. The summed E-state index contributed by atoms with van der Waals surface area (Å²) in [6.45, 7) is 7.68. The number of carbonyl (C=O) groups is 1. The van der Waals surface area contributed by atoms with E-state index in [0.717, 1.165) is 54.9 Å². The molecular weight excluding hydrogens is 1110 g/mol. The van der Waals surface area contributed by atoms with Crippen LogP contribution in [0.1, 0.15) is 109 Å². The molecule has 0 bridgehead atoms. The van der Waals surface area contributed by atoms with Gasteiger partial charge in [-0.1, -0.05) is 18.9 Å². The molecule has 4 aliphatic rings. The summed E-state index contributed by atoms with van der Waals surface area (Å²) in [5, 5.41) is 6.30. The van der Waals surface area contributed by atoms with Gasteiger partial charge in [0.1, 0.15) is 29.2 Å². The third kappa shape index (κ3) is 13.4. The highest BCUT2D eigenvalue weighted by molar-refractivity contribution is 7.86. The first-order valence-corrected chi connectivity index (χ1v) is 32.2. The SMILES string of the molecule is CCN1/C2=C/C=C/C3=[N+](CCCCCC(=O)NCCCCCCNc4ncnc5c4ncn5[C@H]4CC[C@@H](COP(=O)(O)OP(=O)(O)OP(=O)(O)O)O4)c4ccc(S(=O)(=O)O)cc4C3(C)CC2(C)c2cc(S(=O)(=O)[O-])ccc21. The highest BCUT2D eigenvalue weighted by atomic mass is 32.2. The van der Waals surface area contributed by atoms with Gasteiger partial charge in [-0.15, -0.1) is 0 Å². The summed E-state index contributed by atoms with van der Waals surface area (Å²) in [6, 6.07) is 9.03. The molecule has 3 aliphatic heterocycles. The number of phosphoric ester groups is 1. The summed E-state index contributed by atoms with van der Waals surface area (Å²) in [4.78, 5) is 64.1. The number of amides is 1. The molecule has 4 aromatic rings. The zero-order valence-electron chi connectivity index (χ0n) is 42.2. The third-order valence-corrected chi connectivity index (χ3v) is 19.6. The molecule has 26 nitrogen and oxygen atoms in total. The molecule has 0 saturated carbocycles. The number of phosphoric acid groups is 3. The predicted molar refractivity (Wildman–Crippen MR) is 277 cm³/mol. The number of fused-ring (bicyclic) bond motifs is 7. The van der Waals surface area contributed by atoms with E-state index in [1.807, 2.05) is 39.0 Å². The molecule has 2 aromatic carbocycles. The minimum Gasteiger partial charge on any atom is -0.744 e. The first-order valence-electron chi connectivity index (χ1n) is 24.8. The van der Waals surface area contributed by atoms with Crippen molar-refractivity contribution in [1.82, 2.24) is 24.8 Å². The third-order valence-electron chi connectivity index (χ3n) is 14.1. The number of hydrogen-bond donors (Lipinski definition) is 7. The molecule has 7 N–H and O–H groups in total. The Morgan fingerprint density at radius 2 is 1.60 bits per heavy atom. The van der Waals surface area contributed by atoms with Gasteiger partial charge in [-0.2, -0.15) is 21.6 Å². The van der Waals surface area contributed by atoms with Crippen LogP contribution in [0.25, 0.3) is 11.2 Å². The van der Waals surface area contributed by atoms with Gasteiger partial charge in [0.15, 0.2) is 22.7 Å². The zero-order valence-corrected chi connectivity index (χ0v) is 46.5. The van der Waals surface area contributed by atoms with Crippen LogP contribution in [0.4, 0.5) is 17.2 Å². The highest BCUT2D eigenvalue weighted by Crippen LogP contribution is 2.66. The highest BCUT2D eigenvalue weighted by Gasteiger charge is 2.56. The van der Waals surface area contributed by atoms with Crippen molar-refractivity contribution < 1.29 is 86.5 Å². The number of benzene rings is 2. The van der Waals surface area contributed by atoms with Gasteiger partial charge in [-0.05, 0) is 108 Å². The van der Waals surface area contributed by atoms with E-state index < -0.39 is 73.5 Å². The Bertz CT molecular complexity index is 3410. The van der Waals surface area contributed by atoms with Gasteiger partial charge in [0.05, 0.1) is 34.2 Å². The molecule has 77 heavy (non-hydrogen) atoms. The average Bonchev–Trinajstić information content (AvgIpc) is 4.08. The number of nitrogens with zero attached hydrogens (tertiary/aromatic N) is 6. The molecule has 1 saturated heterocycles. The summed E-state index contributed by atoms with van der Waals surface area (Å²) < 4.78 is 128. The Balaban J connectivity index is 0.778. The molecule has 1 aliphatic carbocycles. The number of allylic oxidation sites excluding steroid dienone is 4. The maximum absolute atomic E-state index is 12.8. The number of nitrogens with one attached hydrogen (secondary N) is 2. The number of rotatable bonds is 25. The van der Waals surface area contributed by atoms with Crippen molar-refractivity contribution in [2.45, 2.75) is 124 Å². The lowest BCUT2D eigenvalue weighted by molar-refractivity contribution is -0.438. The molecule has 0 radical (unpaired) electrons. The lowest BCUT2D eigenvalue weighted by Gasteiger charge is -2.37. The van der Waals surface area contributed by atoms with Crippen LogP contribution in [0.15, 0.2) is 82.8 Å². The lowest BCUT2D eigenvalue weighted by Crippen LogP contribution is -2.41. The van der Waals surface area contributed by atoms with Crippen molar-refractivity contribution in [3.8, 4) is 0 Å². The Labute approximate surface area is 444 Å². The van der Waals surface area contributed by atoms with Crippen LogP contribution in [-0.4, -0.2) is 120 Å². The predicted octanol–water partition coefficient (Wildman–Crippen LogP) is 6.35. The Morgan fingerprint density at radius 1 is 0.883 bits per heavy atom. The number of likely N-dealkylation sites (N-methyl/N-ethyl adjacent to an activating group) is 1. The summed E-state index contributed by atoms with van der Waals surface area (Å²) >= 11 is 0. The van der Waals surface area contributed by atoms with Gasteiger partial charge in [-0.25, -0.2) is 37.1 Å². The maximum Gasteiger partial charge on any atom is 0.490 e. The van der Waals surface area contributed by atoms with Crippen molar-refractivity contribution in [2.24, 2.45) is 0 Å². The largest absolute Gasteiger partial charge is 0.744 e. The second-order valence-corrected chi connectivity index (χ2v) is 26.8. The second-order valence-electron chi connectivity index (χ2n) is 19.5. The summed E-state index contributed by atoms with van der Waals surface area (Å²) in [5.41, 5.74) is 4.01. The number of unbranched alkanes of at least 4 members (excludes halogenated alkanes) is 5. The quantitative estimate of drug-likeness (QED) is 0.0164. The summed E-state index contributed by atoms with van der Waals surface area (Å²) in [6.07, 6.45) is 14.3. The van der Waals surface area contributed by atoms with E-state index in [4.69, 9.17) is 19.0 Å². The minimum atomic E-state index is -5.65. The molecule has 8 rings (SSSR count). The van der Waals surface area contributed by atoms with Crippen molar-refractivity contribution in [1.29, 1.82) is 0 Å². The second kappa shape index (κ2) is 22.9. The smallest absolute Gasteiger partial charge is 0.490 e. The lowest BCUT2D eigenvalue weighted by atomic mass is 9.64. The van der Waals surface area contributed by atoms with E-state index in [-0.39, 0.29) is 15.7 Å². The number of ether oxygens (including phenoxy) is 1. The van der Waals surface area contributed by atoms with Gasteiger partial charge < -0.3 is 44.4 Å². The minimum absolute atomic E-state index is 0.0449. The normalized spacial score (nSPS) is 24.0. The van der Waals surface area contributed by atoms with Crippen LogP contribution < -0.4 is 15.5 Å². The monoisotopic (exact) mass is 1170 g/mol. The van der Waals surface area contributed by atoms with Gasteiger partial charge in [0.25, 0.3) is 10.1 Å². The van der Waals surface area contributed by atoms with Gasteiger partial charge >= 0.3 is 23.5 Å². The summed E-state index contributed by atoms with van der Waals surface area (Å²) in [5.74, 6) is 0.455. The van der Waals surface area contributed by atoms with Crippen molar-refractivity contribution in [2.75, 3.05) is 43.0 Å². The number of aromatic nitrogens is 4. The number of carbonyl (C=O) groups excluding carboxylic acids is 1. The molecule has 0 spiro atoms. The molecule has 1 fully saturated rings. The van der Waals surface area contributed by atoms with E-state index in [9.17, 15) is 54.2 Å². The average molecular weight is 1170 g/mol. The molecule has 4 unspecified atom stereocenters. The van der Waals surface area contributed by atoms with Crippen LogP contribution in [0.2, 0.25) is 0 Å². The van der Waals surface area contributed by atoms with Crippen LogP contribution in [0.5, 0.6) is 0 Å². The number of imidazole rings is 1. The van der Waals surface area contributed by atoms with Crippen molar-refractivity contribution in [3.63, 3.8) is 0 Å². The number of anilines is 2. The van der Waals surface area contributed by atoms with E-state index in [0.29, 0.717) is 92.8 Å². The summed E-state index contributed by atoms with van der Waals surface area (Å²) in [7, 11) is -25.8. The van der Waals surface area contributed by atoms with E-state index in [2.05, 4.69) is 43.7 Å². The van der Waals surface area contributed by atoms with E-state index >= 15 is 0 Å². The molecule has 420 valence electrons. The number of hydrogen-bond acceptors (Lipinski definition) is 18. The van der Waals surface area contributed by atoms with Gasteiger partial charge in [0, 0.05) is 67.0 Å². The fourth-order valence-corrected chi connectivity index (χ4v) is 14.9. The topological polar surface area (TPSA) is 372 Å². The van der Waals surface area contributed by atoms with Gasteiger partial charge in [0.2, 0.25) is 11.6 Å². The molecule has 5 heterocycles. The van der Waals surface area contributed by atoms with Crippen molar-refractivity contribution >= 4 is 83.7 Å². The van der Waals surface area contributed by atoms with Gasteiger partial charge in [-0.3, -0.25) is 18.4 Å². The zero-order chi connectivity index (χ0) is 55.8. The molecule has 1 amide bonds. The first kappa shape index (κ1) is 58.5. The van der Waals surface area contributed by atoms with E-state index in [1.54, 1.807) is 16.7 Å². The molecule has 2 aromatic heterocycles. The van der Waals surface area contributed by atoms with Crippen LogP contribution in [0, 0.1) is 0 Å². The Hall–Kier alpha value is -4.60. The van der Waals surface area contributed by atoms with E-state index in [1.165, 1.54) is 36.9 Å². The standard InChI is InChI=1S/C46H61N8O18P3S2/c1-4-52-36-19-17-32(76(63,64)65)25-34(36)45(2)28-46(3)35-26-33(77(66,67)68)18-20-37(35)53(39(46)14-12-13-38(45)52)24-11-7-8-15-40(55)47-22-9-5-6-10-23-48-43-42-44(50-29-49-43)54(30-51-42)41-21-16-31(70-41)27-69-74(59,60)72-75(61,62)71-73(56,57)58/h12-14,17-20,25-26,29-31,41H,4-11,15-16,21-24,27-28H2,1-3H3,(H7-,47,48,49,50,55,56,57,58,59,60,61,62,63,64,65,66,67,68)/t31-,41+,45?,46?/m0/s1. The molecular formula is C46H61N8O18P3S2. The fourth-order valence-electron chi connectivity index (χ4n) is 10.8. The Morgan fingerprint density at radius 3 is 2.31 bits per heavy atom. The maximum atomic E-state index is 12.8. The van der Waals surface area contributed by atoms with Crippen LogP contribution >= 0.6 is 23.5 Å².